The molecule has 118 valence electrons. The zero-order valence-corrected chi connectivity index (χ0v) is 14.2. The van der Waals surface area contributed by atoms with Gasteiger partial charge in [-0.2, -0.15) is 4.98 Å². The van der Waals surface area contributed by atoms with Gasteiger partial charge in [0.25, 0.3) is 0 Å². The molecule has 5 nitrogen and oxygen atoms in total. The van der Waals surface area contributed by atoms with Crippen molar-refractivity contribution in [2.45, 2.75) is 38.3 Å². The Morgan fingerprint density at radius 3 is 2.82 bits per heavy atom. The molecule has 6 heteroatoms. The molecule has 1 saturated heterocycles. The van der Waals surface area contributed by atoms with Crippen LogP contribution < -0.4 is 5.32 Å². The second kappa shape index (κ2) is 6.89. The summed E-state index contributed by atoms with van der Waals surface area (Å²) in [7, 11) is 0. The molecule has 2 heterocycles. The first kappa shape index (κ1) is 15.6. The van der Waals surface area contributed by atoms with Crippen molar-refractivity contribution in [3.8, 4) is 0 Å². The molecule has 0 spiro atoms. The van der Waals surface area contributed by atoms with E-state index in [0.29, 0.717) is 12.4 Å². The van der Waals surface area contributed by atoms with Gasteiger partial charge >= 0.3 is 0 Å². The molecule has 1 fully saturated rings. The van der Waals surface area contributed by atoms with Crippen LogP contribution in [0.3, 0.4) is 0 Å². The molecule has 1 aromatic heterocycles. The SMILES string of the molecule is CCc1noc(CNC2(c3cccc(Br)c3)CCOCC2)n1. The van der Waals surface area contributed by atoms with Crippen LogP contribution >= 0.6 is 15.9 Å². The van der Waals surface area contributed by atoms with E-state index >= 15 is 0 Å². The van der Waals surface area contributed by atoms with Crippen molar-refractivity contribution in [2.24, 2.45) is 0 Å². The third-order valence-electron chi connectivity index (χ3n) is 4.13. The molecule has 0 radical (unpaired) electrons. The van der Waals surface area contributed by atoms with Crippen molar-refractivity contribution >= 4 is 15.9 Å². The van der Waals surface area contributed by atoms with E-state index in [-0.39, 0.29) is 5.54 Å². The summed E-state index contributed by atoms with van der Waals surface area (Å²) in [5.74, 6) is 1.39. The van der Waals surface area contributed by atoms with Gasteiger partial charge in [-0.25, -0.2) is 0 Å². The van der Waals surface area contributed by atoms with Crippen LogP contribution in [0, 0.1) is 0 Å². The lowest BCUT2D eigenvalue weighted by atomic mass is 9.82. The van der Waals surface area contributed by atoms with Crippen molar-refractivity contribution in [3.63, 3.8) is 0 Å². The number of aryl methyl sites for hydroxylation is 1. The molecule has 2 aromatic rings. The number of hydrogen-bond donors (Lipinski definition) is 1. The van der Waals surface area contributed by atoms with Gasteiger partial charge < -0.3 is 9.26 Å². The Bertz CT molecular complexity index is 623. The van der Waals surface area contributed by atoms with E-state index in [9.17, 15) is 0 Å². The van der Waals surface area contributed by atoms with E-state index in [1.807, 2.05) is 13.0 Å². The van der Waals surface area contributed by atoms with E-state index in [1.165, 1.54) is 5.56 Å². The second-order valence-electron chi connectivity index (χ2n) is 5.52. The van der Waals surface area contributed by atoms with Crippen molar-refractivity contribution in [1.82, 2.24) is 15.5 Å². The Hall–Kier alpha value is -1.24. The molecule has 0 aliphatic carbocycles. The van der Waals surface area contributed by atoms with Crippen LogP contribution in [-0.4, -0.2) is 23.4 Å². The molecule has 1 N–H and O–H groups in total. The quantitative estimate of drug-likeness (QED) is 0.881. The number of rotatable bonds is 5. The first-order valence-electron chi connectivity index (χ1n) is 7.62. The summed E-state index contributed by atoms with van der Waals surface area (Å²) in [5.41, 5.74) is 1.16. The predicted octanol–water partition coefficient (Wildman–Crippen LogP) is 3.19. The number of aromatic nitrogens is 2. The van der Waals surface area contributed by atoms with Crippen LogP contribution in [0.4, 0.5) is 0 Å². The summed E-state index contributed by atoms with van der Waals surface area (Å²) in [5, 5.41) is 7.58. The lowest BCUT2D eigenvalue weighted by Crippen LogP contribution is -2.46. The Labute approximate surface area is 138 Å². The standard InChI is InChI=1S/C16H20BrN3O2/c1-2-14-19-15(22-20-14)11-18-16(6-8-21-9-7-16)12-4-3-5-13(17)10-12/h3-5,10,18H,2,6-9,11H2,1H3. The van der Waals surface area contributed by atoms with Gasteiger partial charge in [0.05, 0.1) is 6.54 Å². The molecule has 1 aliphatic heterocycles. The molecule has 0 atom stereocenters. The lowest BCUT2D eigenvalue weighted by molar-refractivity contribution is 0.0346. The topological polar surface area (TPSA) is 60.2 Å². The van der Waals surface area contributed by atoms with Gasteiger partial charge in [0.1, 0.15) is 0 Å². The largest absolute Gasteiger partial charge is 0.381 e. The minimum Gasteiger partial charge on any atom is -0.381 e. The van der Waals surface area contributed by atoms with Gasteiger partial charge in [-0.3, -0.25) is 5.32 Å². The average Bonchev–Trinajstić information content (AvgIpc) is 3.02. The maximum absolute atomic E-state index is 5.55. The zero-order chi connectivity index (χ0) is 15.4. The number of ether oxygens (including phenoxy) is 1. The fourth-order valence-electron chi connectivity index (χ4n) is 2.82. The van der Waals surface area contributed by atoms with Gasteiger partial charge in [0.2, 0.25) is 5.89 Å². The molecule has 0 amide bonds. The van der Waals surface area contributed by atoms with E-state index < -0.39 is 0 Å². The van der Waals surface area contributed by atoms with Crippen LogP contribution in [0.15, 0.2) is 33.3 Å². The third-order valence-corrected chi connectivity index (χ3v) is 4.62. The molecule has 1 aromatic carbocycles. The number of halogens is 1. The molecular formula is C16H20BrN3O2. The highest BCUT2D eigenvalue weighted by Crippen LogP contribution is 2.33. The first-order valence-corrected chi connectivity index (χ1v) is 8.41. The lowest BCUT2D eigenvalue weighted by Gasteiger charge is -2.38. The highest BCUT2D eigenvalue weighted by molar-refractivity contribution is 9.10. The maximum atomic E-state index is 5.55. The highest BCUT2D eigenvalue weighted by atomic mass is 79.9. The third kappa shape index (κ3) is 3.39. The van der Waals surface area contributed by atoms with Crippen LogP contribution in [0.25, 0.3) is 0 Å². The molecule has 1 aliphatic rings. The number of nitrogens with zero attached hydrogens (tertiary/aromatic N) is 2. The minimum atomic E-state index is -0.108. The maximum Gasteiger partial charge on any atom is 0.240 e. The molecular weight excluding hydrogens is 346 g/mol. The Morgan fingerprint density at radius 1 is 1.32 bits per heavy atom. The van der Waals surface area contributed by atoms with Gasteiger partial charge in [-0.1, -0.05) is 40.1 Å². The fraction of sp³-hybridized carbons (Fsp3) is 0.500. The number of nitrogens with one attached hydrogen (secondary N) is 1. The summed E-state index contributed by atoms with van der Waals surface area (Å²) in [4.78, 5) is 4.37. The van der Waals surface area contributed by atoms with Gasteiger partial charge in [0, 0.05) is 29.6 Å². The molecule has 3 rings (SSSR count). The van der Waals surface area contributed by atoms with E-state index in [4.69, 9.17) is 9.26 Å². The molecule has 0 saturated carbocycles. The van der Waals surface area contributed by atoms with Crippen molar-refractivity contribution in [3.05, 3.63) is 46.0 Å². The number of hydrogen-bond acceptors (Lipinski definition) is 5. The minimum absolute atomic E-state index is 0.108. The second-order valence-corrected chi connectivity index (χ2v) is 6.43. The van der Waals surface area contributed by atoms with Crippen molar-refractivity contribution < 1.29 is 9.26 Å². The van der Waals surface area contributed by atoms with Crippen LogP contribution in [0.2, 0.25) is 0 Å². The van der Waals surface area contributed by atoms with Gasteiger partial charge in [-0.05, 0) is 30.5 Å². The van der Waals surface area contributed by atoms with Gasteiger partial charge in [0.15, 0.2) is 5.82 Å². The number of benzene rings is 1. The summed E-state index contributed by atoms with van der Waals surface area (Å²) in [6, 6.07) is 8.44. The van der Waals surface area contributed by atoms with Crippen LogP contribution in [0.5, 0.6) is 0 Å². The Balaban J connectivity index is 1.80. The summed E-state index contributed by atoms with van der Waals surface area (Å²) in [6.07, 6.45) is 2.64. The van der Waals surface area contributed by atoms with Crippen molar-refractivity contribution in [1.29, 1.82) is 0 Å². The summed E-state index contributed by atoms with van der Waals surface area (Å²) < 4.78 is 11.9. The predicted molar refractivity (Wildman–Crippen MR) is 86.4 cm³/mol. The van der Waals surface area contributed by atoms with E-state index in [0.717, 1.165) is 42.8 Å². The Kier molecular flexibility index (Phi) is 4.90. The monoisotopic (exact) mass is 365 g/mol. The Morgan fingerprint density at radius 2 is 2.14 bits per heavy atom. The molecule has 0 unspecified atom stereocenters. The highest BCUT2D eigenvalue weighted by Gasteiger charge is 2.34. The normalized spacial score (nSPS) is 17.5. The summed E-state index contributed by atoms with van der Waals surface area (Å²) in [6.45, 7) is 4.09. The molecule has 0 bridgehead atoms. The van der Waals surface area contributed by atoms with Crippen LogP contribution in [0.1, 0.15) is 37.0 Å². The zero-order valence-electron chi connectivity index (χ0n) is 12.6. The van der Waals surface area contributed by atoms with Crippen molar-refractivity contribution in [2.75, 3.05) is 13.2 Å². The first-order chi connectivity index (χ1) is 10.7. The van der Waals surface area contributed by atoms with E-state index in [1.54, 1.807) is 0 Å². The van der Waals surface area contributed by atoms with Gasteiger partial charge in [-0.15, -0.1) is 0 Å². The summed E-state index contributed by atoms with van der Waals surface area (Å²) >= 11 is 3.56. The van der Waals surface area contributed by atoms with Crippen LogP contribution in [-0.2, 0) is 23.2 Å². The smallest absolute Gasteiger partial charge is 0.240 e. The fourth-order valence-corrected chi connectivity index (χ4v) is 3.22. The average molecular weight is 366 g/mol. The van der Waals surface area contributed by atoms with E-state index in [2.05, 4.69) is 49.6 Å². The molecule has 22 heavy (non-hydrogen) atoms.